The Bertz CT molecular complexity index is 391. The van der Waals surface area contributed by atoms with Crippen molar-refractivity contribution in [2.45, 2.75) is 77.2 Å². The third-order valence-electron chi connectivity index (χ3n) is 5.01. The lowest BCUT2D eigenvalue weighted by atomic mass is 9.84. The minimum absolute atomic E-state index is 0.414. The van der Waals surface area contributed by atoms with Crippen LogP contribution in [0.5, 0.6) is 0 Å². The average Bonchev–Trinajstić information content (AvgIpc) is 2.53. The highest BCUT2D eigenvalue weighted by atomic mass is 15.2. The molecule has 1 saturated carbocycles. The molecule has 1 aromatic carbocycles. The van der Waals surface area contributed by atoms with Crippen LogP contribution in [0.2, 0.25) is 0 Å². The molecular weight excluding hydrogens is 256 g/mol. The molecule has 0 aromatic heterocycles. The smallest absolute Gasteiger partial charge is 0.0251 e. The highest BCUT2D eigenvalue weighted by Gasteiger charge is 2.16. The van der Waals surface area contributed by atoms with Gasteiger partial charge >= 0.3 is 0 Å². The van der Waals surface area contributed by atoms with Crippen molar-refractivity contribution in [3.05, 3.63) is 35.4 Å². The second kappa shape index (κ2) is 8.55. The molecule has 0 heterocycles. The number of nitrogens with two attached hydrogens (primary N) is 1. The molecule has 118 valence electrons. The van der Waals surface area contributed by atoms with Crippen molar-refractivity contribution < 1.29 is 0 Å². The van der Waals surface area contributed by atoms with Gasteiger partial charge < -0.3 is 0 Å². The fourth-order valence-electron chi connectivity index (χ4n) is 3.48. The highest BCUT2D eigenvalue weighted by molar-refractivity contribution is 5.25. The minimum Gasteiger partial charge on any atom is -0.271 e. The summed E-state index contributed by atoms with van der Waals surface area (Å²) in [6, 6.07) is 9.46. The Balaban J connectivity index is 1.80. The monoisotopic (exact) mass is 288 g/mol. The molecular formula is C19H32N2. The summed E-state index contributed by atoms with van der Waals surface area (Å²) in [6.07, 6.45) is 10.7. The molecule has 1 aliphatic rings. The van der Waals surface area contributed by atoms with Crippen LogP contribution < -0.4 is 11.3 Å². The van der Waals surface area contributed by atoms with Crippen molar-refractivity contribution in [3.8, 4) is 0 Å². The first-order chi connectivity index (χ1) is 10.2. The van der Waals surface area contributed by atoms with Crippen LogP contribution in [0.1, 0.15) is 75.8 Å². The summed E-state index contributed by atoms with van der Waals surface area (Å²) in [7, 11) is 0. The largest absolute Gasteiger partial charge is 0.271 e. The Hall–Kier alpha value is -0.860. The number of hydrazine groups is 1. The number of hydrogen-bond donors (Lipinski definition) is 2. The third-order valence-corrected chi connectivity index (χ3v) is 5.01. The molecule has 2 rings (SSSR count). The highest BCUT2D eigenvalue weighted by Crippen LogP contribution is 2.28. The van der Waals surface area contributed by atoms with Crippen LogP contribution in [0.3, 0.4) is 0 Å². The van der Waals surface area contributed by atoms with Gasteiger partial charge in [-0.1, -0.05) is 70.2 Å². The second-order valence-electron chi connectivity index (χ2n) is 7.05. The van der Waals surface area contributed by atoms with E-state index < -0.39 is 0 Å². The first-order valence-electron chi connectivity index (χ1n) is 8.74. The zero-order chi connectivity index (χ0) is 15.1. The first-order valence-corrected chi connectivity index (χ1v) is 8.74. The lowest BCUT2D eigenvalue weighted by Crippen LogP contribution is -2.37. The van der Waals surface area contributed by atoms with Gasteiger partial charge in [-0.25, -0.2) is 0 Å². The third kappa shape index (κ3) is 5.44. The number of nitrogens with one attached hydrogen (secondary N) is 1. The van der Waals surface area contributed by atoms with Crippen LogP contribution >= 0.6 is 0 Å². The Morgan fingerprint density at radius 2 is 1.76 bits per heavy atom. The van der Waals surface area contributed by atoms with Gasteiger partial charge in [-0.2, -0.15) is 0 Å². The van der Waals surface area contributed by atoms with E-state index in [9.17, 15) is 0 Å². The normalized spacial score (nSPS) is 18.1. The van der Waals surface area contributed by atoms with Crippen molar-refractivity contribution in [2.75, 3.05) is 0 Å². The number of benzene rings is 1. The molecule has 1 aliphatic carbocycles. The van der Waals surface area contributed by atoms with Gasteiger partial charge in [0, 0.05) is 6.04 Å². The Morgan fingerprint density at radius 1 is 1.10 bits per heavy atom. The molecule has 21 heavy (non-hydrogen) atoms. The van der Waals surface area contributed by atoms with Crippen LogP contribution in [0.15, 0.2) is 24.3 Å². The van der Waals surface area contributed by atoms with Crippen LogP contribution in [0.25, 0.3) is 0 Å². The average molecular weight is 288 g/mol. The standard InChI is InChI=1S/C19H32N2/c1-15(2)18-11-8-17(9-12-18)14-19(21-20)13-10-16-6-4-3-5-7-16/h8-9,11-12,15-16,19,21H,3-7,10,13-14,20H2,1-2H3. The van der Waals surface area contributed by atoms with E-state index in [1.165, 1.54) is 56.1 Å². The summed E-state index contributed by atoms with van der Waals surface area (Å²) in [6.45, 7) is 4.48. The van der Waals surface area contributed by atoms with E-state index in [1.807, 2.05) is 0 Å². The topological polar surface area (TPSA) is 38.0 Å². The van der Waals surface area contributed by atoms with Gasteiger partial charge in [0.05, 0.1) is 0 Å². The predicted molar refractivity (Wildman–Crippen MR) is 91.2 cm³/mol. The molecule has 1 aromatic rings. The minimum atomic E-state index is 0.414. The molecule has 0 aliphatic heterocycles. The van der Waals surface area contributed by atoms with E-state index in [4.69, 9.17) is 5.84 Å². The van der Waals surface area contributed by atoms with E-state index >= 15 is 0 Å². The summed E-state index contributed by atoms with van der Waals surface area (Å²) in [5.74, 6) is 7.31. The molecule has 0 saturated heterocycles. The number of rotatable bonds is 7. The maximum absolute atomic E-state index is 5.76. The molecule has 0 spiro atoms. The number of hydrogen-bond acceptors (Lipinski definition) is 2. The van der Waals surface area contributed by atoms with Gasteiger partial charge in [0.25, 0.3) is 0 Å². The molecule has 2 nitrogen and oxygen atoms in total. The summed E-state index contributed by atoms with van der Waals surface area (Å²) < 4.78 is 0. The van der Waals surface area contributed by atoms with Gasteiger partial charge in [-0.05, 0) is 42.2 Å². The lowest BCUT2D eigenvalue weighted by molar-refractivity contribution is 0.313. The van der Waals surface area contributed by atoms with Gasteiger partial charge in [-0.15, -0.1) is 0 Å². The summed E-state index contributed by atoms with van der Waals surface area (Å²) in [4.78, 5) is 0. The zero-order valence-corrected chi connectivity index (χ0v) is 13.8. The summed E-state index contributed by atoms with van der Waals surface area (Å²) in [5, 5.41) is 0. The van der Waals surface area contributed by atoms with Gasteiger partial charge in [0.15, 0.2) is 0 Å². The van der Waals surface area contributed by atoms with Crippen LogP contribution in [-0.2, 0) is 6.42 Å². The Morgan fingerprint density at radius 3 is 2.33 bits per heavy atom. The van der Waals surface area contributed by atoms with Gasteiger partial charge in [0.2, 0.25) is 0 Å². The molecule has 1 unspecified atom stereocenters. The van der Waals surface area contributed by atoms with Gasteiger partial charge in [0.1, 0.15) is 0 Å². The van der Waals surface area contributed by atoms with Gasteiger partial charge in [-0.3, -0.25) is 11.3 Å². The van der Waals surface area contributed by atoms with E-state index in [2.05, 4.69) is 43.5 Å². The Labute approximate surface area is 130 Å². The maximum Gasteiger partial charge on any atom is 0.0251 e. The molecule has 3 N–H and O–H groups in total. The quantitative estimate of drug-likeness (QED) is 0.571. The fraction of sp³-hybridized carbons (Fsp3) is 0.684. The molecule has 2 heteroatoms. The van der Waals surface area contributed by atoms with Crippen molar-refractivity contribution in [1.29, 1.82) is 0 Å². The Kier molecular flexibility index (Phi) is 6.72. The van der Waals surface area contributed by atoms with Crippen molar-refractivity contribution in [3.63, 3.8) is 0 Å². The summed E-state index contributed by atoms with van der Waals surface area (Å²) in [5.41, 5.74) is 5.84. The van der Waals surface area contributed by atoms with E-state index in [0.29, 0.717) is 12.0 Å². The van der Waals surface area contributed by atoms with Crippen molar-refractivity contribution in [1.82, 2.24) is 5.43 Å². The predicted octanol–water partition coefficient (Wildman–Crippen LogP) is 4.54. The van der Waals surface area contributed by atoms with E-state index in [-0.39, 0.29) is 0 Å². The molecule has 0 bridgehead atoms. The van der Waals surface area contributed by atoms with E-state index in [1.54, 1.807) is 0 Å². The SMILES string of the molecule is CC(C)c1ccc(CC(CCC2CCCCC2)NN)cc1. The van der Waals surface area contributed by atoms with E-state index in [0.717, 1.165) is 12.3 Å². The van der Waals surface area contributed by atoms with Crippen LogP contribution in [0, 0.1) is 5.92 Å². The first kappa shape index (κ1) is 16.5. The van der Waals surface area contributed by atoms with Crippen LogP contribution in [0.4, 0.5) is 0 Å². The van der Waals surface area contributed by atoms with Crippen LogP contribution in [-0.4, -0.2) is 6.04 Å². The van der Waals surface area contributed by atoms with Crippen molar-refractivity contribution in [2.24, 2.45) is 11.8 Å². The maximum atomic E-state index is 5.76. The molecule has 1 atom stereocenters. The molecule has 1 fully saturated rings. The fourth-order valence-corrected chi connectivity index (χ4v) is 3.48. The molecule has 0 radical (unpaired) electrons. The lowest BCUT2D eigenvalue weighted by Gasteiger charge is -2.24. The molecule has 0 amide bonds. The summed E-state index contributed by atoms with van der Waals surface area (Å²) >= 11 is 0. The second-order valence-corrected chi connectivity index (χ2v) is 7.05. The van der Waals surface area contributed by atoms with Crippen molar-refractivity contribution >= 4 is 0 Å². The zero-order valence-electron chi connectivity index (χ0n) is 13.8.